The number of benzene rings is 3. The van der Waals surface area contributed by atoms with Gasteiger partial charge in [-0.1, -0.05) is 36.4 Å². The standard InChI is InChI=1S/C24H22N2O3/c1-27-19-13-7-4-10-16(19)22-23(17-11-5-8-14-20(17)28-2)26-24(25-22)18-12-6-9-15-21(18)29-3/h4-15H,1-3H3,(H,25,26). The van der Waals surface area contributed by atoms with Gasteiger partial charge in [-0.2, -0.15) is 0 Å². The summed E-state index contributed by atoms with van der Waals surface area (Å²) in [6, 6.07) is 23.5. The third-order valence-corrected chi connectivity index (χ3v) is 4.80. The van der Waals surface area contributed by atoms with Gasteiger partial charge in [-0.25, -0.2) is 4.98 Å². The predicted octanol–water partition coefficient (Wildman–Crippen LogP) is 5.44. The number of H-pyrrole nitrogens is 1. The van der Waals surface area contributed by atoms with E-state index in [-0.39, 0.29) is 0 Å². The molecule has 5 heteroatoms. The van der Waals surface area contributed by atoms with Crippen LogP contribution in [0.25, 0.3) is 33.9 Å². The van der Waals surface area contributed by atoms with Crippen LogP contribution in [0.1, 0.15) is 0 Å². The van der Waals surface area contributed by atoms with E-state index in [0.29, 0.717) is 5.82 Å². The molecular formula is C24H22N2O3. The zero-order valence-electron chi connectivity index (χ0n) is 16.6. The molecule has 29 heavy (non-hydrogen) atoms. The molecule has 1 heterocycles. The van der Waals surface area contributed by atoms with Crippen LogP contribution in [0, 0.1) is 0 Å². The van der Waals surface area contributed by atoms with Crippen molar-refractivity contribution in [2.45, 2.75) is 0 Å². The zero-order valence-corrected chi connectivity index (χ0v) is 16.6. The van der Waals surface area contributed by atoms with Gasteiger partial charge >= 0.3 is 0 Å². The molecule has 0 aliphatic rings. The average Bonchev–Trinajstić information content (AvgIpc) is 3.23. The van der Waals surface area contributed by atoms with Crippen LogP contribution < -0.4 is 14.2 Å². The molecule has 1 N–H and O–H groups in total. The molecule has 0 amide bonds. The molecule has 0 saturated carbocycles. The van der Waals surface area contributed by atoms with E-state index in [4.69, 9.17) is 19.2 Å². The second kappa shape index (κ2) is 8.10. The van der Waals surface area contributed by atoms with Gasteiger partial charge in [0, 0.05) is 11.1 Å². The van der Waals surface area contributed by atoms with Crippen molar-refractivity contribution in [3.05, 3.63) is 72.8 Å². The minimum absolute atomic E-state index is 0.712. The summed E-state index contributed by atoms with van der Waals surface area (Å²) in [6.45, 7) is 0. The largest absolute Gasteiger partial charge is 0.496 e. The predicted molar refractivity (Wildman–Crippen MR) is 115 cm³/mol. The molecular weight excluding hydrogens is 364 g/mol. The maximum Gasteiger partial charge on any atom is 0.142 e. The number of methoxy groups -OCH3 is 3. The first-order valence-corrected chi connectivity index (χ1v) is 9.27. The van der Waals surface area contributed by atoms with E-state index in [9.17, 15) is 0 Å². The number of hydrogen-bond donors (Lipinski definition) is 1. The molecule has 0 fully saturated rings. The number of nitrogens with zero attached hydrogens (tertiary/aromatic N) is 1. The van der Waals surface area contributed by atoms with E-state index < -0.39 is 0 Å². The third kappa shape index (κ3) is 3.43. The highest BCUT2D eigenvalue weighted by atomic mass is 16.5. The first-order chi connectivity index (χ1) is 14.3. The molecule has 146 valence electrons. The summed E-state index contributed by atoms with van der Waals surface area (Å²) in [6.07, 6.45) is 0. The molecule has 0 bridgehead atoms. The van der Waals surface area contributed by atoms with E-state index in [1.807, 2.05) is 72.8 Å². The van der Waals surface area contributed by atoms with Gasteiger partial charge < -0.3 is 19.2 Å². The summed E-state index contributed by atoms with van der Waals surface area (Å²) >= 11 is 0. The Hall–Kier alpha value is -3.73. The van der Waals surface area contributed by atoms with Crippen molar-refractivity contribution in [3.63, 3.8) is 0 Å². The van der Waals surface area contributed by atoms with Crippen LogP contribution in [0.3, 0.4) is 0 Å². The SMILES string of the molecule is COc1ccccc1-c1nc(-c2ccccc2OC)c(-c2ccccc2OC)[nH]1. The molecule has 0 spiro atoms. The van der Waals surface area contributed by atoms with Crippen LogP contribution in [0.15, 0.2) is 72.8 Å². The Morgan fingerprint density at radius 2 is 1.03 bits per heavy atom. The Kier molecular flexibility index (Phi) is 5.20. The lowest BCUT2D eigenvalue weighted by molar-refractivity contribution is 0.415. The van der Waals surface area contributed by atoms with Gasteiger partial charge in [0.2, 0.25) is 0 Å². The summed E-state index contributed by atoms with van der Waals surface area (Å²) in [7, 11) is 4.98. The zero-order chi connectivity index (χ0) is 20.2. The van der Waals surface area contributed by atoms with Gasteiger partial charge in [-0.3, -0.25) is 0 Å². The van der Waals surface area contributed by atoms with E-state index in [2.05, 4.69) is 4.98 Å². The molecule has 0 atom stereocenters. The van der Waals surface area contributed by atoms with Crippen molar-refractivity contribution < 1.29 is 14.2 Å². The van der Waals surface area contributed by atoms with Crippen LogP contribution in [0.5, 0.6) is 17.2 Å². The monoisotopic (exact) mass is 386 g/mol. The van der Waals surface area contributed by atoms with Crippen LogP contribution in [-0.4, -0.2) is 31.3 Å². The molecule has 0 saturated heterocycles. The fraction of sp³-hybridized carbons (Fsp3) is 0.125. The van der Waals surface area contributed by atoms with Crippen molar-refractivity contribution in [1.82, 2.24) is 9.97 Å². The highest BCUT2D eigenvalue weighted by Gasteiger charge is 2.21. The Morgan fingerprint density at radius 1 is 0.586 bits per heavy atom. The van der Waals surface area contributed by atoms with Crippen molar-refractivity contribution in [3.8, 4) is 51.2 Å². The molecule has 5 nitrogen and oxygen atoms in total. The van der Waals surface area contributed by atoms with Crippen molar-refractivity contribution >= 4 is 0 Å². The van der Waals surface area contributed by atoms with Gasteiger partial charge in [0.1, 0.15) is 28.8 Å². The number of hydrogen-bond acceptors (Lipinski definition) is 4. The highest BCUT2D eigenvalue weighted by Crippen LogP contribution is 2.41. The Bertz CT molecular complexity index is 1070. The summed E-state index contributed by atoms with van der Waals surface area (Å²) in [5.74, 6) is 2.98. The maximum absolute atomic E-state index is 5.60. The van der Waals surface area contributed by atoms with Crippen LogP contribution in [-0.2, 0) is 0 Å². The van der Waals surface area contributed by atoms with Crippen LogP contribution in [0.4, 0.5) is 0 Å². The van der Waals surface area contributed by atoms with Crippen molar-refractivity contribution in [1.29, 1.82) is 0 Å². The number of aromatic amines is 1. The van der Waals surface area contributed by atoms with Crippen molar-refractivity contribution in [2.75, 3.05) is 21.3 Å². The Labute approximate surface area is 169 Å². The maximum atomic E-state index is 5.60. The van der Waals surface area contributed by atoms with Crippen molar-refractivity contribution in [2.24, 2.45) is 0 Å². The van der Waals surface area contributed by atoms with Gasteiger partial charge in [-0.15, -0.1) is 0 Å². The summed E-state index contributed by atoms with van der Waals surface area (Å²) in [5.41, 5.74) is 4.34. The summed E-state index contributed by atoms with van der Waals surface area (Å²) in [5, 5.41) is 0. The van der Waals surface area contributed by atoms with Gasteiger partial charge in [0.05, 0.1) is 32.6 Å². The smallest absolute Gasteiger partial charge is 0.142 e. The van der Waals surface area contributed by atoms with E-state index in [0.717, 1.165) is 45.3 Å². The Balaban J connectivity index is 1.99. The van der Waals surface area contributed by atoms with E-state index >= 15 is 0 Å². The first-order valence-electron chi connectivity index (χ1n) is 9.27. The van der Waals surface area contributed by atoms with Crippen LogP contribution in [0.2, 0.25) is 0 Å². The van der Waals surface area contributed by atoms with Crippen LogP contribution >= 0.6 is 0 Å². The molecule has 4 aromatic rings. The molecule has 0 radical (unpaired) electrons. The molecule has 4 rings (SSSR count). The number of imidazole rings is 1. The molecule has 1 aromatic heterocycles. The Morgan fingerprint density at radius 3 is 1.62 bits per heavy atom. The third-order valence-electron chi connectivity index (χ3n) is 4.80. The number of ether oxygens (including phenoxy) is 3. The molecule has 0 aliphatic heterocycles. The minimum atomic E-state index is 0.712. The average molecular weight is 386 g/mol. The van der Waals surface area contributed by atoms with E-state index in [1.165, 1.54) is 0 Å². The molecule has 3 aromatic carbocycles. The molecule has 0 aliphatic carbocycles. The fourth-order valence-corrected chi connectivity index (χ4v) is 3.42. The highest BCUT2D eigenvalue weighted by molar-refractivity contribution is 5.86. The lowest BCUT2D eigenvalue weighted by atomic mass is 10.0. The topological polar surface area (TPSA) is 56.4 Å². The summed E-state index contributed by atoms with van der Waals surface area (Å²) < 4.78 is 16.7. The quantitative estimate of drug-likeness (QED) is 0.480. The van der Waals surface area contributed by atoms with Gasteiger partial charge in [-0.05, 0) is 36.4 Å². The lowest BCUT2D eigenvalue weighted by Gasteiger charge is -2.10. The molecule has 0 unspecified atom stereocenters. The minimum Gasteiger partial charge on any atom is -0.496 e. The van der Waals surface area contributed by atoms with Gasteiger partial charge in [0.15, 0.2) is 0 Å². The number of para-hydroxylation sites is 3. The number of rotatable bonds is 6. The normalized spacial score (nSPS) is 10.6. The van der Waals surface area contributed by atoms with E-state index in [1.54, 1.807) is 21.3 Å². The summed E-state index contributed by atoms with van der Waals surface area (Å²) in [4.78, 5) is 8.44. The second-order valence-corrected chi connectivity index (χ2v) is 6.41. The van der Waals surface area contributed by atoms with Gasteiger partial charge in [0.25, 0.3) is 0 Å². The first kappa shape index (κ1) is 18.6. The fourth-order valence-electron chi connectivity index (χ4n) is 3.42. The number of aromatic nitrogens is 2. The lowest BCUT2D eigenvalue weighted by Crippen LogP contribution is -1.92. The second-order valence-electron chi connectivity index (χ2n) is 6.41. The number of nitrogens with one attached hydrogen (secondary N) is 1.